The first-order valence-electron chi connectivity index (χ1n) is 9.35. The summed E-state index contributed by atoms with van der Waals surface area (Å²) >= 11 is 0. The number of hydrogen-bond acceptors (Lipinski definition) is 3. The number of aromatic nitrogens is 2. The van der Waals surface area contributed by atoms with Crippen LogP contribution in [0, 0.1) is 5.92 Å². The van der Waals surface area contributed by atoms with E-state index >= 15 is 0 Å². The average molecular weight is 376 g/mol. The molecule has 2 atom stereocenters. The van der Waals surface area contributed by atoms with Crippen molar-refractivity contribution in [2.24, 2.45) is 5.92 Å². The van der Waals surface area contributed by atoms with Gasteiger partial charge in [0.25, 0.3) is 5.91 Å². The van der Waals surface area contributed by atoms with Crippen molar-refractivity contribution in [3.05, 3.63) is 72.4 Å². The Labute approximate surface area is 164 Å². The average Bonchev–Trinajstić information content (AvgIpc) is 3.27. The minimum Gasteiger partial charge on any atom is -0.340 e. The van der Waals surface area contributed by atoms with Crippen molar-refractivity contribution in [1.82, 2.24) is 15.5 Å². The Morgan fingerprint density at radius 1 is 1.07 bits per heavy atom. The van der Waals surface area contributed by atoms with Crippen LogP contribution in [0.4, 0.5) is 5.69 Å². The summed E-state index contributed by atoms with van der Waals surface area (Å²) in [4.78, 5) is 25.5. The molecule has 0 bridgehead atoms. The van der Waals surface area contributed by atoms with Gasteiger partial charge >= 0.3 is 0 Å². The predicted molar refractivity (Wildman–Crippen MR) is 110 cm³/mol. The van der Waals surface area contributed by atoms with Gasteiger partial charge < -0.3 is 10.6 Å². The molecular formula is C22H24N4O2. The van der Waals surface area contributed by atoms with E-state index in [2.05, 4.69) is 20.8 Å². The molecule has 0 fully saturated rings. The third-order valence-corrected chi connectivity index (χ3v) is 4.76. The summed E-state index contributed by atoms with van der Waals surface area (Å²) in [7, 11) is 0. The molecule has 6 nitrogen and oxygen atoms in total. The van der Waals surface area contributed by atoms with Crippen LogP contribution >= 0.6 is 0 Å². The first-order valence-corrected chi connectivity index (χ1v) is 9.35. The van der Waals surface area contributed by atoms with Gasteiger partial charge in [-0.1, -0.05) is 50.6 Å². The Bertz CT molecular complexity index is 923. The molecule has 1 heterocycles. The monoisotopic (exact) mass is 376 g/mol. The molecule has 0 aliphatic rings. The van der Waals surface area contributed by atoms with Crippen LogP contribution in [-0.2, 0) is 4.79 Å². The summed E-state index contributed by atoms with van der Waals surface area (Å²) < 4.78 is 0. The zero-order valence-corrected chi connectivity index (χ0v) is 16.0. The van der Waals surface area contributed by atoms with E-state index in [-0.39, 0.29) is 17.7 Å². The zero-order valence-electron chi connectivity index (χ0n) is 16.0. The summed E-state index contributed by atoms with van der Waals surface area (Å²) in [5.41, 5.74) is 2.99. The summed E-state index contributed by atoms with van der Waals surface area (Å²) in [6.07, 6.45) is 2.44. The predicted octanol–water partition coefficient (Wildman–Crippen LogP) is 3.86. The van der Waals surface area contributed by atoms with Crippen LogP contribution in [0.2, 0.25) is 0 Å². The van der Waals surface area contributed by atoms with E-state index < -0.39 is 6.04 Å². The van der Waals surface area contributed by atoms with E-state index in [9.17, 15) is 9.59 Å². The van der Waals surface area contributed by atoms with Gasteiger partial charge in [0.15, 0.2) is 0 Å². The summed E-state index contributed by atoms with van der Waals surface area (Å²) in [6, 6.07) is 17.6. The van der Waals surface area contributed by atoms with E-state index in [0.29, 0.717) is 11.3 Å². The van der Waals surface area contributed by atoms with Crippen LogP contribution in [0.3, 0.4) is 0 Å². The molecule has 0 aliphatic carbocycles. The molecule has 3 rings (SSSR count). The third-order valence-electron chi connectivity index (χ3n) is 4.76. The molecule has 0 saturated heterocycles. The van der Waals surface area contributed by atoms with Crippen LogP contribution in [0.15, 0.2) is 66.9 Å². The molecule has 0 saturated carbocycles. The molecule has 6 heteroatoms. The molecular weight excluding hydrogens is 352 g/mol. The third kappa shape index (κ3) is 4.65. The minimum absolute atomic E-state index is 0.0107. The Balaban J connectivity index is 1.75. The molecule has 2 unspecified atom stereocenters. The highest BCUT2D eigenvalue weighted by Crippen LogP contribution is 2.21. The van der Waals surface area contributed by atoms with Crippen LogP contribution < -0.4 is 10.6 Å². The molecule has 0 radical (unpaired) electrons. The first kappa shape index (κ1) is 19.4. The fourth-order valence-electron chi connectivity index (χ4n) is 2.92. The highest BCUT2D eigenvalue weighted by Gasteiger charge is 2.26. The first-order chi connectivity index (χ1) is 13.6. The molecule has 0 aliphatic heterocycles. The Morgan fingerprint density at radius 2 is 1.86 bits per heavy atom. The van der Waals surface area contributed by atoms with Gasteiger partial charge in [-0.05, 0) is 36.2 Å². The Morgan fingerprint density at radius 3 is 2.54 bits per heavy atom. The largest absolute Gasteiger partial charge is 0.340 e. The number of carbonyl (C=O) groups is 2. The van der Waals surface area contributed by atoms with Gasteiger partial charge in [0.2, 0.25) is 5.91 Å². The van der Waals surface area contributed by atoms with Crippen molar-refractivity contribution in [2.45, 2.75) is 26.3 Å². The minimum atomic E-state index is -0.631. The van der Waals surface area contributed by atoms with Gasteiger partial charge in [-0.25, -0.2) is 0 Å². The van der Waals surface area contributed by atoms with E-state index in [0.717, 1.165) is 17.7 Å². The van der Waals surface area contributed by atoms with Crippen LogP contribution in [0.25, 0.3) is 11.3 Å². The SMILES string of the molecule is CCC(C)C(NC(=O)c1ccccc1)C(=O)Nc1cccc(-c2ccn[nH]2)c1. The van der Waals surface area contributed by atoms with Crippen molar-refractivity contribution in [1.29, 1.82) is 0 Å². The maximum absolute atomic E-state index is 12.9. The quantitative estimate of drug-likeness (QED) is 0.585. The van der Waals surface area contributed by atoms with Crippen LogP contribution in [-0.4, -0.2) is 28.1 Å². The summed E-state index contributed by atoms with van der Waals surface area (Å²) in [5, 5.41) is 12.7. The topological polar surface area (TPSA) is 86.9 Å². The smallest absolute Gasteiger partial charge is 0.251 e. The standard InChI is InChI=1S/C22H24N4O2/c1-3-15(2)20(25-21(27)16-8-5-4-6-9-16)22(28)24-18-11-7-10-17(14-18)19-12-13-23-26-19/h4-15,20H,3H2,1-2H3,(H,23,26)(H,24,28)(H,25,27). The van der Waals surface area contributed by atoms with Gasteiger partial charge in [-0.3, -0.25) is 14.7 Å². The second-order valence-electron chi connectivity index (χ2n) is 6.74. The number of nitrogens with zero attached hydrogens (tertiary/aromatic N) is 1. The van der Waals surface area contributed by atoms with Gasteiger partial charge in [-0.15, -0.1) is 0 Å². The molecule has 2 amide bonds. The van der Waals surface area contributed by atoms with E-state index in [4.69, 9.17) is 0 Å². The lowest BCUT2D eigenvalue weighted by Crippen LogP contribution is -2.47. The number of carbonyl (C=O) groups excluding carboxylic acids is 2. The molecule has 1 aromatic heterocycles. The second-order valence-corrected chi connectivity index (χ2v) is 6.74. The van der Waals surface area contributed by atoms with Gasteiger partial charge in [0.05, 0.1) is 5.69 Å². The van der Waals surface area contributed by atoms with Crippen molar-refractivity contribution >= 4 is 17.5 Å². The number of amides is 2. The molecule has 3 N–H and O–H groups in total. The summed E-state index contributed by atoms with van der Waals surface area (Å²) in [6.45, 7) is 3.95. The second kappa shape index (κ2) is 8.99. The lowest BCUT2D eigenvalue weighted by Gasteiger charge is -2.23. The molecule has 28 heavy (non-hydrogen) atoms. The molecule has 0 spiro atoms. The molecule has 2 aromatic carbocycles. The van der Waals surface area contributed by atoms with Crippen molar-refractivity contribution < 1.29 is 9.59 Å². The fourth-order valence-corrected chi connectivity index (χ4v) is 2.92. The van der Waals surface area contributed by atoms with Gasteiger partial charge in [-0.2, -0.15) is 5.10 Å². The number of hydrogen-bond donors (Lipinski definition) is 3. The zero-order chi connectivity index (χ0) is 19.9. The van der Waals surface area contributed by atoms with Crippen molar-refractivity contribution in [3.63, 3.8) is 0 Å². The van der Waals surface area contributed by atoms with Crippen molar-refractivity contribution in [2.75, 3.05) is 5.32 Å². The number of nitrogens with one attached hydrogen (secondary N) is 3. The Hall–Kier alpha value is -3.41. The normalized spacial score (nSPS) is 12.8. The highest BCUT2D eigenvalue weighted by atomic mass is 16.2. The molecule has 144 valence electrons. The number of aromatic amines is 1. The van der Waals surface area contributed by atoms with Gasteiger partial charge in [0, 0.05) is 23.0 Å². The summed E-state index contributed by atoms with van der Waals surface area (Å²) in [5.74, 6) is -0.504. The number of anilines is 1. The number of H-pyrrole nitrogens is 1. The van der Waals surface area contributed by atoms with Crippen LogP contribution in [0.1, 0.15) is 30.6 Å². The maximum Gasteiger partial charge on any atom is 0.251 e. The number of benzene rings is 2. The fraction of sp³-hybridized carbons (Fsp3) is 0.227. The van der Waals surface area contributed by atoms with E-state index in [1.54, 1.807) is 30.5 Å². The lowest BCUT2D eigenvalue weighted by molar-refractivity contribution is -0.119. The maximum atomic E-state index is 12.9. The number of rotatable bonds is 7. The Kier molecular flexibility index (Phi) is 6.22. The van der Waals surface area contributed by atoms with Crippen LogP contribution in [0.5, 0.6) is 0 Å². The van der Waals surface area contributed by atoms with E-state index in [1.165, 1.54) is 0 Å². The lowest BCUT2D eigenvalue weighted by atomic mass is 9.97. The van der Waals surface area contributed by atoms with Crippen molar-refractivity contribution in [3.8, 4) is 11.3 Å². The van der Waals surface area contributed by atoms with Gasteiger partial charge in [0.1, 0.15) is 6.04 Å². The van der Waals surface area contributed by atoms with E-state index in [1.807, 2.05) is 50.2 Å². The molecule has 3 aromatic rings. The highest BCUT2D eigenvalue weighted by molar-refractivity contribution is 6.01.